The van der Waals surface area contributed by atoms with Gasteiger partial charge in [0.15, 0.2) is 5.16 Å². The molecule has 6 heteroatoms. The van der Waals surface area contributed by atoms with Gasteiger partial charge in [0.25, 0.3) is 0 Å². The van der Waals surface area contributed by atoms with Gasteiger partial charge < -0.3 is 9.67 Å². The van der Waals surface area contributed by atoms with E-state index in [1.807, 2.05) is 18.0 Å². The van der Waals surface area contributed by atoms with Crippen molar-refractivity contribution in [2.75, 3.05) is 17.8 Å². The minimum atomic E-state index is -0.806. The molecule has 1 aromatic rings. The first-order valence-corrected chi connectivity index (χ1v) is 9.03. The number of carboxylic acids is 1. The third-order valence-electron chi connectivity index (χ3n) is 2.86. The van der Waals surface area contributed by atoms with Crippen molar-refractivity contribution in [2.45, 2.75) is 44.8 Å². The van der Waals surface area contributed by atoms with Crippen LogP contribution < -0.4 is 0 Å². The highest BCUT2D eigenvalue weighted by molar-refractivity contribution is 7.99. The number of carboxylic acid groups (broad SMARTS) is 1. The van der Waals surface area contributed by atoms with Gasteiger partial charge in [-0.15, -0.1) is 0 Å². The molecule has 0 fully saturated rings. The fourth-order valence-corrected chi connectivity index (χ4v) is 3.41. The smallest absolute Gasteiger partial charge is 0.313 e. The second-order valence-electron chi connectivity index (χ2n) is 6.03. The average molecular weight is 316 g/mol. The van der Waals surface area contributed by atoms with E-state index in [1.54, 1.807) is 0 Å². The maximum Gasteiger partial charge on any atom is 0.313 e. The fourth-order valence-electron chi connectivity index (χ4n) is 2.02. The molecule has 0 aliphatic heterocycles. The van der Waals surface area contributed by atoms with Gasteiger partial charge in [-0.05, 0) is 17.9 Å². The molecule has 1 rings (SSSR count). The number of rotatable bonds is 7. The normalized spacial score (nSPS) is 13.4. The van der Waals surface area contributed by atoms with Crippen LogP contribution in [-0.2, 0) is 16.8 Å². The number of hydrogen-bond donors (Lipinski definition) is 1. The maximum atomic E-state index is 10.8. The van der Waals surface area contributed by atoms with Gasteiger partial charge in [0, 0.05) is 23.9 Å². The van der Waals surface area contributed by atoms with Crippen LogP contribution in [0.1, 0.15) is 33.4 Å². The van der Waals surface area contributed by atoms with E-state index < -0.39 is 5.97 Å². The van der Waals surface area contributed by atoms with Gasteiger partial charge in [-0.25, -0.2) is 4.98 Å². The summed E-state index contributed by atoms with van der Waals surface area (Å²) in [4.78, 5) is 15.2. The second kappa shape index (κ2) is 7.41. The molecule has 0 amide bonds. The number of imidazole rings is 1. The van der Waals surface area contributed by atoms with Crippen LogP contribution >= 0.6 is 23.5 Å². The van der Waals surface area contributed by atoms with Crippen LogP contribution in [0, 0.1) is 5.92 Å². The molecule has 1 atom stereocenters. The number of aliphatic carboxylic acids is 1. The summed E-state index contributed by atoms with van der Waals surface area (Å²) < 4.78 is 2.19. The van der Waals surface area contributed by atoms with Crippen LogP contribution in [-0.4, -0.2) is 38.4 Å². The van der Waals surface area contributed by atoms with Crippen molar-refractivity contribution in [1.29, 1.82) is 0 Å². The molecule has 0 aliphatic rings. The van der Waals surface area contributed by atoms with Crippen molar-refractivity contribution in [1.82, 2.24) is 9.55 Å². The molecule has 0 radical (unpaired) electrons. The van der Waals surface area contributed by atoms with Crippen molar-refractivity contribution in [3.63, 3.8) is 0 Å². The van der Waals surface area contributed by atoms with E-state index in [0.717, 1.165) is 17.5 Å². The molecule has 0 aromatic carbocycles. The molecular formula is C14H24N2O2S2. The summed E-state index contributed by atoms with van der Waals surface area (Å²) in [5.41, 5.74) is 1.17. The summed E-state index contributed by atoms with van der Waals surface area (Å²) in [6.07, 6.45) is 3.99. The fraction of sp³-hybridized carbons (Fsp3) is 0.714. The summed E-state index contributed by atoms with van der Waals surface area (Å²) in [6, 6.07) is 0. The van der Waals surface area contributed by atoms with Crippen LogP contribution in [0.3, 0.4) is 0 Å². The molecule has 1 aromatic heterocycles. The average Bonchev–Trinajstić information content (AvgIpc) is 2.69. The highest BCUT2D eigenvalue weighted by Gasteiger charge is 2.23. The highest BCUT2D eigenvalue weighted by Crippen LogP contribution is 2.28. The Kier molecular flexibility index (Phi) is 6.45. The number of carbonyl (C=O) groups is 1. The quantitative estimate of drug-likeness (QED) is 0.782. The zero-order valence-electron chi connectivity index (χ0n) is 12.8. The van der Waals surface area contributed by atoms with E-state index in [9.17, 15) is 4.79 Å². The Hall–Kier alpha value is -0.620. The first-order valence-electron chi connectivity index (χ1n) is 6.65. The molecular weight excluding hydrogens is 292 g/mol. The molecule has 1 N–H and O–H groups in total. The van der Waals surface area contributed by atoms with Gasteiger partial charge in [-0.1, -0.05) is 39.5 Å². The van der Waals surface area contributed by atoms with Gasteiger partial charge in [0.1, 0.15) is 0 Å². The van der Waals surface area contributed by atoms with Crippen molar-refractivity contribution < 1.29 is 9.90 Å². The second-order valence-corrected chi connectivity index (χ2v) is 7.88. The van der Waals surface area contributed by atoms with E-state index in [1.165, 1.54) is 17.5 Å². The van der Waals surface area contributed by atoms with Gasteiger partial charge in [-0.2, -0.15) is 11.8 Å². The van der Waals surface area contributed by atoms with Crippen molar-refractivity contribution in [3.05, 3.63) is 11.9 Å². The Morgan fingerprint density at radius 1 is 1.50 bits per heavy atom. The maximum absolute atomic E-state index is 10.8. The largest absolute Gasteiger partial charge is 0.481 e. The topological polar surface area (TPSA) is 55.1 Å². The lowest BCUT2D eigenvalue weighted by Gasteiger charge is -2.23. The predicted molar refractivity (Wildman–Crippen MR) is 86.8 cm³/mol. The standard InChI is InChI=1S/C14H24N2O2S2/c1-10(8-19-5)7-16-11(14(2,3)4)6-15-13(16)20-9-12(17)18/h6,10H,7-9H2,1-5H3,(H,17,18). The predicted octanol–water partition coefficient (Wildman–Crippen LogP) is 3.36. The minimum Gasteiger partial charge on any atom is -0.481 e. The lowest BCUT2D eigenvalue weighted by atomic mass is 9.92. The lowest BCUT2D eigenvalue weighted by Crippen LogP contribution is -2.21. The van der Waals surface area contributed by atoms with Crippen molar-refractivity contribution >= 4 is 29.5 Å². The summed E-state index contributed by atoms with van der Waals surface area (Å²) in [7, 11) is 0. The summed E-state index contributed by atoms with van der Waals surface area (Å²) in [5.74, 6) is 0.867. The van der Waals surface area contributed by atoms with Crippen LogP contribution in [0.5, 0.6) is 0 Å². The van der Waals surface area contributed by atoms with Gasteiger partial charge in [0.2, 0.25) is 0 Å². The van der Waals surface area contributed by atoms with Gasteiger partial charge >= 0.3 is 5.97 Å². The molecule has 0 bridgehead atoms. The molecule has 0 saturated carbocycles. The third kappa shape index (κ3) is 5.05. The molecule has 1 unspecified atom stereocenters. The molecule has 4 nitrogen and oxygen atoms in total. The number of thioether (sulfide) groups is 2. The number of nitrogens with zero attached hydrogens (tertiary/aromatic N) is 2. The van der Waals surface area contributed by atoms with Crippen molar-refractivity contribution in [2.24, 2.45) is 5.92 Å². The zero-order chi connectivity index (χ0) is 15.3. The van der Waals surface area contributed by atoms with E-state index in [4.69, 9.17) is 5.11 Å². The van der Waals surface area contributed by atoms with E-state index >= 15 is 0 Å². The van der Waals surface area contributed by atoms with Crippen LogP contribution in [0.25, 0.3) is 0 Å². The van der Waals surface area contributed by atoms with Crippen molar-refractivity contribution in [3.8, 4) is 0 Å². The lowest BCUT2D eigenvalue weighted by molar-refractivity contribution is -0.133. The minimum absolute atomic E-state index is 0.00805. The monoisotopic (exact) mass is 316 g/mol. The Bertz CT molecular complexity index is 453. The van der Waals surface area contributed by atoms with E-state index in [0.29, 0.717) is 5.92 Å². The molecule has 1 heterocycles. The first-order chi connectivity index (χ1) is 9.25. The van der Waals surface area contributed by atoms with Crippen LogP contribution in [0.4, 0.5) is 0 Å². The Labute approximate surface area is 129 Å². The first kappa shape index (κ1) is 17.4. The Morgan fingerprint density at radius 2 is 2.15 bits per heavy atom. The zero-order valence-corrected chi connectivity index (χ0v) is 14.5. The van der Waals surface area contributed by atoms with Crippen LogP contribution in [0.15, 0.2) is 11.4 Å². The Morgan fingerprint density at radius 3 is 2.65 bits per heavy atom. The number of aromatic nitrogens is 2. The van der Waals surface area contributed by atoms with Crippen LogP contribution in [0.2, 0.25) is 0 Å². The molecule has 0 spiro atoms. The molecule has 0 saturated heterocycles. The third-order valence-corrected chi connectivity index (χ3v) is 4.74. The summed E-state index contributed by atoms with van der Waals surface area (Å²) in [6.45, 7) is 9.58. The van der Waals surface area contributed by atoms with Gasteiger partial charge in [0.05, 0.1) is 5.75 Å². The van der Waals surface area contributed by atoms with Gasteiger partial charge in [-0.3, -0.25) is 4.79 Å². The SMILES string of the molecule is CSCC(C)Cn1c(C(C)(C)C)cnc1SCC(=O)O. The number of hydrogen-bond acceptors (Lipinski definition) is 4. The van der Waals surface area contributed by atoms with E-state index in [2.05, 4.69) is 43.5 Å². The Balaban J connectivity index is 2.99. The molecule has 114 valence electrons. The summed E-state index contributed by atoms with van der Waals surface area (Å²) in [5, 5.41) is 9.65. The molecule has 20 heavy (non-hydrogen) atoms. The van der Waals surface area contributed by atoms with E-state index in [-0.39, 0.29) is 11.2 Å². The summed E-state index contributed by atoms with van der Waals surface area (Å²) >= 11 is 3.13. The molecule has 0 aliphatic carbocycles. The highest BCUT2D eigenvalue weighted by atomic mass is 32.2.